The summed E-state index contributed by atoms with van der Waals surface area (Å²) in [5, 5.41) is 11.0. The van der Waals surface area contributed by atoms with Gasteiger partial charge in [0.05, 0.1) is 20.8 Å². The minimum absolute atomic E-state index is 0.00612. The van der Waals surface area contributed by atoms with E-state index < -0.39 is 5.91 Å². The number of anilines is 1. The summed E-state index contributed by atoms with van der Waals surface area (Å²) in [6, 6.07) is 6.88. The number of fused-ring (bicyclic) bond motifs is 1. The molecular formula is C13H8Cl2N4OS. The molecule has 0 radical (unpaired) electrons. The predicted octanol–water partition coefficient (Wildman–Crippen LogP) is 3.95. The van der Waals surface area contributed by atoms with Crippen molar-refractivity contribution in [3.8, 4) is 0 Å². The third-order valence-corrected chi connectivity index (χ3v) is 4.11. The number of aryl methyl sites for hydroxylation is 1. The van der Waals surface area contributed by atoms with Gasteiger partial charge in [-0.25, -0.2) is 4.98 Å². The minimum atomic E-state index is -0.391. The van der Waals surface area contributed by atoms with E-state index in [2.05, 4.69) is 20.5 Å². The van der Waals surface area contributed by atoms with E-state index in [9.17, 15) is 4.79 Å². The van der Waals surface area contributed by atoms with Crippen LogP contribution in [0, 0.1) is 6.92 Å². The molecule has 0 atom stereocenters. The maximum Gasteiger partial charge on any atom is 0.258 e. The first-order valence-corrected chi connectivity index (χ1v) is 7.47. The highest BCUT2D eigenvalue weighted by Crippen LogP contribution is 2.25. The molecule has 0 aliphatic rings. The van der Waals surface area contributed by atoms with Gasteiger partial charge in [-0.05, 0) is 31.2 Å². The van der Waals surface area contributed by atoms with Gasteiger partial charge in [0.25, 0.3) is 5.91 Å². The normalized spacial score (nSPS) is 10.8. The van der Waals surface area contributed by atoms with Crippen LogP contribution in [-0.4, -0.2) is 21.1 Å². The number of nitrogens with zero attached hydrogens (tertiary/aromatic N) is 3. The minimum Gasteiger partial charge on any atom is -0.322 e. The molecule has 106 valence electrons. The molecule has 0 fully saturated rings. The van der Waals surface area contributed by atoms with Gasteiger partial charge in [-0.3, -0.25) is 4.79 Å². The summed E-state index contributed by atoms with van der Waals surface area (Å²) in [5.41, 5.74) is 1.74. The number of amides is 1. The van der Waals surface area contributed by atoms with Crippen molar-refractivity contribution in [3.05, 3.63) is 45.1 Å². The highest BCUT2D eigenvalue weighted by atomic mass is 35.5. The zero-order valence-corrected chi connectivity index (χ0v) is 13.1. The number of benzene rings is 1. The lowest BCUT2D eigenvalue weighted by atomic mass is 10.2. The molecule has 0 saturated heterocycles. The van der Waals surface area contributed by atoms with Crippen LogP contribution in [0.4, 0.5) is 5.69 Å². The maximum atomic E-state index is 12.2. The number of hydrogen-bond acceptors (Lipinski definition) is 5. The molecular weight excluding hydrogens is 331 g/mol. The number of nitrogens with one attached hydrogen (secondary N) is 1. The van der Waals surface area contributed by atoms with E-state index >= 15 is 0 Å². The number of carbonyl (C=O) groups excluding carboxylic acids is 1. The van der Waals surface area contributed by atoms with Crippen LogP contribution < -0.4 is 5.32 Å². The molecule has 0 unspecified atom stereocenters. The van der Waals surface area contributed by atoms with E-state index in [1.807, 2.05) is 19.1 Å². The molecule has 5 nitrogen and oxygen atoms in total. The Labute approximate surface area is 133 Å². The second-order valence-electron chi connectivity index (χ2n) is 4.24. The van der Waals surface area contributed by atoms with Crippen LogP contribution in [0.15, 0.2) is 24.3 Å². The summed E-state index contributed by atoms with van der Waals surface area (Å²) in [7, 11) is 0. The van der Waals surface area contributed by atoms with E-state index in [0.717, 1.165) is 15.2 Å². The third kappa shape index (κ3) is 2.97. The molecule has 0 bridgehead atoms. The maximum absolute atomic E-state index is 12.2. The number of hydrogen-bond donors (Lipinski definition) is 1. The second kappa shape index (κ2) is 5.55. The van der Waals surface area contributed by atoms with Gasteiger partial charge in [0, 0.05) is 5.69 Å². The van der Waals surface area contributed by atoms with Gasteiger partial charge in [-0.2, -0.15) is 0 Å². The topological polar surface area (TPSA) is 67.8 Å². The van der Waals surface area contributed by atoms with Crippen LogP contribution in [-0.2, 0) is 0 Å². The standard InChI is InChI=1S/C13H8Cl2N4OS/c1-6-16-9-3-2-7(4-10(9)21-6)17-13(20)8-5-11(14)18-19-12(8)15/h2-5H,1H3,(H,17,20). The van der Waals surface area contributed by atoms with Crippen molar-refractivity contribution in [1.82, 2.24) is 15.2 Å². The van der Waals surface area contributed by atoms with Crippen molar-refractivity contribution in [3.63, 3.8) is 0 Å². The lowest BCUT2D eigenvalue weighted by Crippen LogP contribution is -2.13. The van der Waals surface area contributed by atoms with Crippen LogP contribution in [0.25, 0.3) is 10.2 Å². The van der Waals surface area contributed by atoms with Crippen molar-refractivity contribution in [2.75, 3.05) is 5.32 Å². The smallest absolute Gasteiger partial charge is 0.258 e. The molecule has 3 rings (SSSR count). The quantitative estimate of drug-likeness (QED) is 0.767. The van der Waals surface area contributed by atoms with Gasteiger partial charge in [-0.15, -0.1) is 21.5 Å². The fourth-order valence-corrected chi connectivity index (χ4v) is 3.02. The molecule has 0 aliphatic carbocycles. The molecule has 1 amide bonds. The van der Waals surface area contributed by atoms with Crippen LogP contribution >= 0.6 is 34.5 Å². The summed E-state index contributed by atoms with van der Waals surface area (Å²) in [6.07, 6.45) is 0. The SMILES string of the molecule is Cc1nc2ccc(NC(=O)c3cc(Cl)nnc3Cl)cc2s1. The summed E-state index contributed by atoms with van der Waals surface area (Å²) < 4.78 is 1.00. The molecule has 2 heterocycles. The average molecular weight is 339 g/mol. The van der Waals surface area contributed by atoms with Crippen LogP contribution in [0.1, 0.15) is 15.4 Å². The number of thiazole rings is 1. The van der Waals surface area contributed by atoms with Gasteiger partial charge >= 0.3 is 0 Å². The summed E-state index contributed by atoms with van der Waals surface area (Å²) in [4.78, 5) is 16.6. The molecule has 21 heavy (non-hydrogen) atoms. The van der Waals surface area contributed by atoms with Gasteiger partial charge in [0.15, 0.2) is 10.3 Å². The van der Waals surface area contributed by atoms with Crippen molar-refractivity contribution >= 4 is 56.3 Å². The van der Waals surface area contributed by atoms with Crippen LogP contribution in [0.3, 0.4) is 0 Å². The lowest BCUT2D eigenvalue weighted by molar-refractivity contribution is 0.102. The Balaban J connectivity index is 1.90. The Kier molecular flexibility index (Phi) is 3.75. The summed E-state index contributed by atoms with van der Waals surface area (Å²) in [6.45, 7) is 1.94. The first-order valence-electron chi connectivity index (χ1n) is 5.90. The van der Waals surface area contributed by atoms with Gasteiger partial charge in [0.1, 0.15) is 0 Å². The fraction of sp³-hybridized carbons (Fsp3) is 0.0769. The van der Waals surface area contributed by atoms with Crippen molar-refractivity contribution < 1.29 is 4.79 Å². The molecule has 0 saturated carbocycles. The molecule has 1 aromatic carbocycles. The number of aromatic nitrogens is 3. The first-order chi connectivity index (χ1) is 10.0. The fourth-order valence-electron chi connectivity index (χ4n) is 1.83. The zero-order chi connectivity index (χ0) is 15.0. The van der Waals surface area contributed by atoms with E-state index in [-0.39, 0.29) is 15.9 Å². The summed E-state index contributed by atoms with van der Waals surface area (Å²) >= 11 is 13.1. The van der Waals surface area contributed by atoms with Gasteiger partial charge in [0.2, 0.25) is 0 Å². The largest absolute Gasteiger partial charge is 0.322 e. The number of rotatable bonds is 2. The molecule has 1 N–H and O–H groups in total. The number of halogens is 2. The summed E-state index contributed by atoms with van der Waals surface area (Å²) in [5.74, 6) is -0.391. The molecule has 2 aromatic heterocycles. The van der Waals surface area contributed by atoms with E-state index in [4.69, 9.17) is 23.2 Å². The Morgan fingerprint density at radius 2 is 2.05 bits per heavy atom. The second-order valence-corrected chi connectivity index (χ2v) is 6.22. The lowest BCUT2D eigenvalue weighted by Gasteiger charge is -2.06. The van der Waals surface area contributed by atoms with Crippen molar-refractivity contribution in [2.24, 2.45) is 0 Å². The molecule has 0 aliphatic heterocycles. The monoisotopic (exact) mass is 338 g/mol. The Morgan fingerprint density at radius 1 is 1.24 bits per heavy atom. The third-order valence-electron chi connectivity index (χ3n) is 2.72. The number of carbonyl (C=O) groups is 1. The van der Waals surface area contributed by atoms with E-state index in [0.29, 0.717) is 5.69 Å². The van der Waals surface area contributed by atoms with Crippen molar-refractivity contribution in [1.29, 1.82) is 0 Å². The highest BCUT2D eigenvalue weighted by molar-refractivity contribution is 7.18. The van der Waals surface area contributed by atoms with E-state index in [1.165, 1.54) is 6.07 Å². The molecule has 0 spiro atoms. The molecule has 3 aromatic rings. The zero-order valence-electron chi connectivity index (χ0n) is 10.7. The van der Waals surface area contributed by atoms with Crippen LogP contribution in [0.5, 0.6) is 0 Å². The van der Waals surface area contributed by atoms with E-state index in [1.54, 1.807) is 17.4 Å². The Bertz CT molecular complexity index is 849. The van der Waals surface area contributed by atoms with Crippen LogP contribution in [0.2, 0.25) is 10.3 Å². The Morgan fingerprint density at radius 3 is 2.86 bits per heavy atom. The first kappa shape index (κ1) is 14.2. The van der Waals surface area contributed by atoms with Crippen molar-refractivity contribution in [2.45, 2.75) is 6.92 Å². The van der Waals surface area contributed by atoms with Gasteiger partial charge < -0.3 is 5.32 Å². The van der Waals surface area contributed by atoms with Gasteiger partial charge in [-0.1, -0.05) is 23.2 Å². The Hall–Kier alpha value is -1.76. The predicted molar refractivity (Wildman–Crippen MR) is 84.4 cm³/mol. The molecule has 8 heteroatoms. The average Bonchev–Trinajstić information content (AvgIpc) is 2.80. The highest BCUT2D eigenvalue weighted by Gasteiger charge is 2.14.